The Morgan fingerprint density at radius 1 is 1.64 bits per heavy atom. The van der Waals surface area contributed by atoms with Crippen LogP contribution in [0.3, 0.4) is 0 Å². The van der Waals surface area contributed by atoms with Crippen LogP contribution in [0.2, 0.25) is 0 Å². The minimum atomic E-state index is -0.377. The van der Waals surface area contributed by atoms with Crippen LogP contribution in [0, 0.1) is 0 Å². The third kappa shape index (κ3) is 3.85. The highest BCUT2D eigenvalue weighted by molar-refractivity contribution is 4.94. The summed E-state index contributed by atoms with van der Waals surface area (Å²) < 4.78 is 1.64. The normalized spacial score (nSPS) is 13.1. The van der Waals surface area contributed by atoms with E-state index in [1.54, 1.807) is 4.68 Å². The topological polar surface area (TPSA) is 63.0 Å². The van der Waals surface area contributed by atoms with E-state index in [0.717, 1.165) is 18.7 Å². The molecule has 0 bridgehead atoms. The maximum Gasteiger partial charge on any atom is 0.0853 e. The zero-order chi connectivity index (χ0) is 10.4. The fourth-order valence-electron chi connectivity index (χ4n) is 1.25. The van der Waals surface area contributed by atoms with Crippen molar-refractivity contribution in [3.63, 3.8) is 0 Å². The lowest BCUT2D eigenvalue weighted by Gasteiger charge is -2.08. The molecule has 1 heterocycles. The Labute approximate surface area is 84.1 Å². The number of aryl methyl sites for hydroxylation is 1. The van der Waals surface area contributed by atoms with Crippen LogP contribution in [0.25, 0.3) is 0 Å². The highest BCUT2D eigenvalue weighted by atomic mass is 16.3. The van der Waals surface area contributed by atoms with Gasteiger partial charge in [0, 0.05) is 26.2 Å². The molecule has 0 aromatic carbocycles. The highest BCUT2D eigenvalue weighted by Crippen LogP contribution is 1.97. The summed E-state index contributed by atoms with van der Waals surface area (Å²) in [6.45, 7) is 3.66. The van der Waals surface area contributed by atoms with Crippen LogP contribution < -0.4 is 5.32 Å². The first kappa shape index (κ1) is 11.1. The molecular formula is C9H18N4O. The summed E-state index contributed by atoms with van der Waals surface area (Å²) in [5.41, 5.74) is 0.832. The number of nitrogens with zero attached hydrogens (tertiary/aromatic N) is 3. The first-order valence-electron chi connectivity index (χ1n) is 4.96. The van der Waals surface area contributed by atoms with Crippen molar-refractivity contribution in [3.05, 3.63) is 11.9 Å². The lowest BCUT2D eigenvalue weighted by atomic mass is 10.2. The van der Waals surface area contributed by atoms with Crippen molar-refractivity contribution < 1.29 is 5.11 Å². The van der Waals surface area contributed by atoms with Gasteiger partial charge in [-0.1, -0.05) is 12.1 Å². The molecule has 1 aromatic rings. The van der Waals surface area contributed by atoms with E-state index in [9.17, 15) is 5.11 Å². The van der Waals surface area contributed by atoms with Crippen LogP contribution in [0.1, 0.15) is 19.0 Å². The molecule has 0 spiro atoms. The minimum Gasteiger partial charge on any atom is -0.391 e. The lowest BCUT2D eigenvalue weighted by molar-refractivity contribution is 0.171. The average Bonchev–Trinajstić information content (AvgIpc) is 2.52. The first-order valence-corrected chi connectivity index (χ1v) is 4.96. The van der Waals surface area contributed by atoms with Crippen LogP contribution in [-0.4, -0.2) is 39.3 Å². The molecule has 0 saturated heterocycles. The molecule has 80 valence electrons. The van der Waals surface area contributed by atoms with Crippen LogP contribution in [0.5, 0.6) is 0 Å². The van der Waals surface area contributed by atoms with E-state index in [0.29, 0.717) is 13.0 Å². The zero-order valence-corrected chi connectivity index (χ0v) is 8.77. The second-order valence-electron chi connectivity index (χ2n) is 3.45. The molecule has 0 aliphatic carbocycles. The molecule has 0 saturated carbocycles. The minimum absolute atomic E-state index is 0.377. The second kappa shape index (κ2) is 5.72. The van der Waals surface area contributed by atoms with Gasteiger partial charge in [0.25, 0.3) is 0 Å². The Morgan fingerprint density at radius 2 is 2.43 bits per heavy atom. The van der Waals surface area contributed by atoms with Gasteiger partial charge in [0.15, 0.2) is 0 Å². The van der Waals surface area contributed by atoms with Crippen molar-refractivity contribution in [3.8, 4) is 0 Å². The van der Waals surface area contributed by atoms with Crippen molar-refractivity contribution in [1.82, 2.24) is 20.3 Å². The van der Waals surface area contributed by atoms with Gasteiger partial charge in [0.05, 0.1) is 11.8 Å². The van der Waals surface area contributed by atoms with E-state index in [4.69, 9.17) is 0 Å². The van der Waals surface area contributed by atoms with Crippen LogP contribution in [0.4, 0.5) is 0 Å². The summed E-state index contributed by atoms with van der Waals surface area (Å²) in [5, 5.41) is 20.5. The Kier molecular flexibility index (Phi) is 4.55. The van der Waals surface area contributed by atoms with Crippen molar-refractivity contribution in [1.29, 1.82) is 0 Å². The van der Waals surface area contributed by atoms with Crippen molar-refractivity contribution in [2.75, 3.05) is 13.1 Å². The second-order valence-corrected chi connectivity index (χ2v) is 3.45. The van der Waals surface area contributed by atoms with E-state index in [1.165, 1.54) is 0 Å². The Bertz CT molecular complexity index is 261. The SMILES string of the molecule is CCCNCC(O)Cc1cn(C)nn1. The molecule has 0 aliphatic heterocycles. The maximum atomic E-state index is 9.60. The highest BCUT2D eigenvalue weighted by Gasteiger charge is 2.07. The van der Waals surface area contributed by atoms with Crippen molar-refractivity contribution in [2.24, 2.45) is 7.05 Å². The van der Waals surface area contributed by atoms with Gasteiger partial charge in [-0.15, -0.1) is 5.10 Å². The van der Waals surface area contributed by atoms with Crippen LogP contribution >= 0.6 is 0 Å². The Balaban J connectivity index is 2.23. The van der Waals surface area contributed by atoms with Crippen molar-refractivity contribution in [2.45, 2.75) is 25.9 Å². The summed E-state index contributed by atoms with van der Waals surface area (Å²) in [4.78, 5) is 0. The van der Waals surface area contributed by atoms with Crippen LogP contribution in [-0.2, 0) is 13.5 Å². The molecule has 5 heteroatoms. The smallest absolute Gasteiger partial charge is 0.0853 e. The molecule has 0 amide bonds. The molecule has 0 fully saturated rings. The van der Waals surface area contributed by atoms with Gasteiger partial charge in [0.1, 0.15) is 0 Å². The third-order valence-corrected chi connectivity index (χ3v) is 1.90. The Hall–Kier alpha value is -0.940. The molecule has 2 N–H and O–H groups in total. The fourth-order valence-corrected chi connectivity index (χ4v) is 1.25. The summed E-state index contributed by atoms with van der Waals surface area (Å²) in [5.74, 6) is 0. The molecule has 5 nitrogen and oxygen atoms in total. The van der Waals surface area contributed by atoms with Gasteiger partial charge in [-0.05, 0) is 13.0 Å². The zero-order valence-electron chi connectivity index (χ0n) is 8.77. The Morgan fingerprint density at radius 3 is 3.00 bits per heavy atom. The summed E-state index contributed by atoms with van der Waals surface area (Å²) in [6.07, 6.45) is 3.09. The maximum absolute atomic E-state index is 9.60. The van der Waals surface area contributed by atoms with Gasteiger partial charge in [-0.3, -0.25) is 4.68 Å². The number of aliphatic hydroxyl groups is 1. The van der Waals surface area contributed by atoms with E-state index in [1.807, 2.05) is 13.2 Å². The first-order chi connectivity index (χ1) is 6.72. The predicted octanol–water partition coefficient (Wildman–Crippen LogP) is -0.282. The van der Waals surface area contributed by atoms with Gasteiger partial charge >= 0.3 is 0 Å². The lowest BCUT2D eigenvalue weighted by Crippen LogP contribution is -2.28. The number of hydrogen-bond acceptors (Lipinski definition) is 4. The van der Waals surface area contributed by atoms with E-state index >= 15 is 0 Å². The van der Waals surface area contributed by atoms with Crippen molar-refractivity contribution >= 4 is 0 Å². The van der Waals surface area contributed by atoms with Gasteiger partial charge in [0.2, 0.25) is 0 Å². The number of aliphatic hydroxyl groups excluding tert-OH is 1. The standard InChI is InChI=1S/C9H18N4O/c1-3-4-10-6-9(14)5-8-7-13(2)12-11-8/h7,9-10,14H,3-6H2,1-2H3. The number of rotatable bonds is 6. The number of nitrogens with one attached hydrogen (secondary N) is 1. The fraction of sp³-hybridized carbons (Fsp3) is 0.778. The molecule has 1 atom stereocenters. The van der Waals surface area contributed by atoms with Gasteiger partial charge in [-0.2, -0.15) is 0 Å². The molecule has 1 aromatic heterocycles. The molecule has 14 heavy (non-hydrogen) atoms. The average molecular weight is 198 g/mol. The largest absolute Gasteiger partial charge is 0.391 e. The number of hydrogen-bond donors (Lipinski definition) is 2. The van der Waals surface area contributed by atoms with Gasteiger partial charge < -0.3 is 10.4 Å². The van der Waals surface area contributed by atoms with Gasteiger partial charge in [-0.25, -0.2) is 0 Å². The molecule has 0 aliphatic rings. The summed E-state index contributed by atoms with van der Waals surface area (Å²) >= 11 is 0. The number of aromatic nitrogens is 3. The third-order valence-electron chi connectivity index (χ3n) is 1.90. The van der Waals surface area contributed by atoms with Crippen LogP contribution in [0.15, 0.2) is 6.20 Å². The molecule has 1 unspecified atom stereocenters. The quantitative estimate of drug-likeness (QED) is 0.617. The van der Waals surface area contributed by atoms with E-state index < -0.39 is 0 Å². The molecule has 0 radical (unpaired) electrons. The molecule has 1 rings (SSSR count). The monoisotopic (exact) mass is 198 g/mol. The van der Waals surface area contributed by atoms with E-state index in [2.05, 4.69) is 22.6 Å². The molecular weight excluding hydrogens is 180 g/mol. The van der Waals surface area contributed by atoms with E-state index in [-0.39, 0.29) is 6.10 Å². The summed E-state index contributed by atoms with van der Waals surface area (Å²) in [7, 11) is 1.82. The summed E-state index contributed by atoms with van der Waals surface area (Å²) in [6, 6.07) is 0. The predicted molar refractivity (Wildman–Crippen MR) is 53.9 cm³/mol.